The third-order valence-corrected chi connectivity index (χ3v) is 11.1. The number of nitrogens with zero attached hydrogens (tertiary/aromatic N) is 5. The third kappa shape index (κ3) is 9.14. The summed E-state index contributed by atoms with van der Waals surface area (Å²) in [5.41, 5.74) is 2.64. The van der Waals surface area contributed by atoms with Crippen molar-refractivity contribution in [1.82, 2.24) is 40.3 Å². The molecule has 7 amide bonds. The highest BCUT2D eigenvalue weighted by Crippen LogP contribution is 2.35. The lowest BCUT2D eigenvalue weighted by Crippen LogP contribution is -2.54. The number of ether oxygens (including phenoxy) is 1. The van der Waals surface area contributed by atoms with Crippen LogP contribution < -0.4 is 26.0 Å². The first-order valence-corrected chi connectivity index (χ1v) is 20.5. The molecule has 0 spiro atoms. The van der Waals surface area contributed by atoms with Gasteiger partial charge >= 0.3 is 0 Å². The Morgan fingerprint density at radius 2 is 1.60 bits per heavy atom. The summed E-state index contributed by atoms with van der Waals surface area (Å²) in [7, 11) is 3.47. The molecule has 2 aromatic heterocycles. The predicted molar refractivity (Wildman–Crippen MR) is 220 cm³/mol. The number of imide groups is 2. The summed E-state index contributed by atoms with van der Waals surface area (Å²) < 4.78 is 7.76. The number of fused-ring (bicyclic) bond motifs is 2. The lowest BCUT2D eigenvalue weighted by Gasteiger charge is -2.27. The van der Waals surface area contributed by atoms with Crippen LogP contribution in [0, 0.1) is 0 Å². The van der Waals surface area contributed by atoms with Gasteiger partial charge in [0, 0.05) is 63.3 Å². The molecule has 2 fully saturated rings. The largest absolute Gasteiger partial charge is 0.483 e. The molecule has 0 radical (unpaired) electrons. The van der Waals surface area contributed by atoms with Crippen LogP contribution in [-0.2, 0) is 14.4 Å². The van der Waals surface area contributed by atoms with E-state index in [-0.39, 0.29) is 54.0 Å². The molecule has 60 heavy (non-hydrogen) atoms. The molecule has 4 aromatic rings. The SMILES string of the molecule is CN(C)C(=O)c1cn(C2CCCC2)c2nc(Nc3ccc(C(=O)NCCCCCCCNC(=O)COc4cccc5c4C(=O)N(C4CCC(=O)NC4=O)C5=O)cc3)ncc12. The summed E-state index contributed by atoms with van der Waals surface area (Å²) in [6.45, 7) is 0.602. The Bertz CT molecular complexity index is 2320. The molecule has 2 aromatic carbocycles. The van der Waals surface area contributed by atoms with Crippen molar-refractivity contribution >= 4 is 64.0 Å². The van der Waals surface area contributed by atoms with Crippen LogP contribution in [0.5, 0.6) is 5.75 Å². The van der Waals surface area contributed by atoms with E-state index in [1.165, 1.54) is 18.2 Å². The number of carbonyl (C=O) groups is 7. The Labute approximate surface area is 346 Å². The lowest BCUT2D eigenvalue weighted by atomic mass is 10.0. The number of carbonyl (C=O) groups excluding carboxylic acids is 7. The van der Waals surface area contributed by atoms with Crippen molar-refractivity contribution in [1.29, 1.82) is 0 Å². The number of piperidine rings is 1. The number of aromatic nitrogens is 3. The maximum absolute atomic E-state index is 13.2. The minimum absolute atomic E-state index is 0.0110. The van der Waals surface area contributed by atoms with Crippen molar-refractivity contribution in [2.45, 2.75) is 82.7 Å². The molecule has 17 nitrogen and oxygen atoms in total. The molecular weight excluding hydrogens is 771 g/mol. The topological polar surface area (TPSA) is 214 Å². The summed E-state index contributed by atoms with van der Waals surface area (Å²) >= 11 is 0. The number of anilines is 2. The molecule has 4 heterocycles. The van der Waals surface area contributed by atoms with Gasteiger partial charge in [0.2, 0.25) is 17.8 Å². The molecule has 2 aliphatic heterocycles. The van der Waals surface area contributed by atoms with Crippen LogP contribution in [0.2, 0.25) is 0 Å². The zero-order valence-corrected chi connectivity index (χ0v) is 33.8. The highest BCUT2D eigenvalue weighted by atomic mass is 16.5. The first-order valence-electron chi connectivity index (χ1n) is 20.5. The number of hydrogen-bond acceptors (Lipinski definition) is 11. The number of amides is 7. The second-order valence-corrected chi connectivity index (χ2v) is 15.5. The van der Waals surface area contributed by atoms with Gasteiger partial charge in [0.15, 0.2) is 6.61 Å². The molecular formula is C43H49N9O8. The summed E-state index contributed by atoms with van der Waals surface area (Å²) in [6.07, 6.45) is 12.3. The van der Waals surface area contributed by atoms with E-state index in [1.54, 1.807) is 49.5 Å². The van der Waals surface area contributed by atoms with E-state index < -0.39 is 29.7 Å². The molecule has 1 saturated heterocycles. The van der Waals surface area contributed by atoms with Crippen LogP contribution in [0.25, 0.3) is 11.0 Å². The Hall–Kier alpha value is -6.65. The first kappa shape index (κ1) is 41.5. The van der Waals surface area contributed by atoms with Crippen molar-refractivity contribution in [3.8, 4) is 5.75 Å². The van der Waals surface area contributed by atoms with E-state index in [0.717, 1.165) is 79.4 Å². The number of rotatable bonds is 17. The third-order valence-electron chi connectivity index (χ3n) is 11.1. The van der Waals surface area contributed by atoms with Crippen LogP contribution in [0.3, 0.4) is 0 Å². The maximum Gasteiger partial charge on any atom is 0.266 e. The van der Waals surface area contributed by atoms with E-state index in [1.807, 2.05) is 6.20 Å². The van der Waals surface area contributed by atoms with Gasteiger partial charge in [-0.2, -0.15) is 4.98 Å². The van der Waals surface area contributed by atoms with E-state index >= 15 is 0 Å². The van der Waals surface area contributed by atoms with Crippen molar-refractivity contribution in [3.05, 3.63) is 77.1 Å². The smallest absolute Gasteiger partial charge is 0.266 e. The van der Waals surface area contributed by atoms with Gasteiger partial charge in [-0.05, 0) is 68.5 Å². The highest BCUT2D eigenvalue weighted by Gasteiger charge is 2.46. The maximum atomic E-state index is 13.2. The molecule has 1 unspecified atom stereocenters. The van der Waals surface area contributed by atoms with Gasteiger partial charge in [0.25, 0.3) is 29.5 Å². The molecule has 4 N–H and O–H groups in total. The first-order chi connectivity index (χ1) is 29.0. The van der Waals surface area contributed by atoms with Crippen molar-refractivity contribution in [3.63, 3.8) is 0 Å². The van der Waals surface area contributed by atoms with Gasteiger partial charge < -0.3 is 30.2 Å². The monoisotopic (exact) mass is 819 g/mol. The Balaban J connectivity index is 0.785. The van der Waals surface area contributed by atoms with E-state index in [0.29, 0.717) is 36.2 Å². The van der Waals surface area contributed by atoms with Gasteiger partial charge in [-0.15, -0.1) is 0 Å². The van der Waals surface area contributed by atoms with Crippen LogP contribution in [-0.4, -0.2) is 106 Å². The minimum Gasteiger partial charge on any atom is -0.483 e. The second-order valence-electron chi connectivity index (χ2n) is 15.5. The van der Waals surface area contributed by atoms with Crippen LogP contribution in [0.4, 0.5) is 11.6 Å². The summed E-state index contributed by atoms with van der Waals surface area (Å²) in [4.78, 5) is 100. The minimum atomic E-state index is -1.10. The van der Waals surface area contributed by atoms with Crippen LogP contribution in [0.15, 0.2) is 54.9 Å². The number of benzene rings is 2. The normalized spacial score (nSPS) is 16.5. The van der Waals surface area contributed by atoms with E-state index in [2.05, 4.69) is 30.8 Å². The average Bonchev–Trinajstić information content (AvgIpc) is 3.97. The van der Waals surface area contributed by atoms with Gasteiger partial charge in [0.1, 0.15) is 17.4 Å². The van der Waals surface area contributed by atoms with Crippen LogP contribution in [0.1, 0.15) is 118 Å². The average molecular weight is 820 g/mol. The fraction of sp³-hybridized carbons (Fsp3) is 0.419. The molecule has 0 bridgehead atoms. The zero-order chi connectivity index (χ0) is 42.3. The van der Waals surface area contributed by atoms with Crippen molar-refractivity contribution in [2.24, 2.45) is 0 Å². The Morgan fingerprint density at radius 1 is 0.883 bits per heavy atom. The number of unbranched alkanes of at least 4 members (excludes halogenated alkanes) is 4. The van der Waals surface area contributed by atoms with Crippen LogP contribution >= 0.6 is 0 Å². The zero-order valence-electron chi connectivity index (χ0n) is 33.8. The van der Waals surface area contributed by atoms with Gasteiger partial charge in [-0.25, -0.2) is 4.98 Å². The molecule has 17 heteroatoms. The van der Waals surface area contributed by atoms with Crippen molar-refractivity contribution in [2.75, 3.05) is 39.1 Å². The second kappa shape index (κ2) is 18.5. The van der Waals surface area contributed by atoms with Gasteiger partial charge in [-0.1, -0.05) is 38.2 Å². The fourth-order valence-electron chi connectivity index (χ4n) is 7.91. The summed E-state index contributed by atoms with van der Waals surface area (Å²) in [5.74, 6) is -2.68. The molecule has 1 atom stereocenters. The molecule has 1 aliphatic carbocycles. The Kier molecular flexibility index (Phi) is 12.8. The van der Waals surface area contributed by atoms with Crippen molar-refractivity contribution < 1.29 is 38.3 Å². The summed E-state index contributed by atoms with van der Waals surface area (Å²) in [5, 5.41) is 11.9. The quantitative estimate of drug-likeness (QED) is 0.0872. The lowest BCUT2D eigenvalue weighted by molar-refractivity contribution is -0.136. The summed E-state index contributed by atoms with van der Waals surface area (Å²) in [6, 6.07) is 10.8. The molecule has 3 aliphatic rings. The van der Waals surface area contributed by atoms with Gasteiger partial charge in [0.05, 0.1) is 22.1 Å². The van der Waals surface area contributed by atoms with E-state index in [4.69, 9.17) is 9.72 Å². The number of nitrogens with one attached hydrogen (secondary N) is 4. The van der Waals surface area contributed by atoms with Gasteiger partial charge in [-0.3, -0.25) is 43.8 Å². The number of hydrogen-bond donors (Lipinski definition) is 4. The molecule has 7 rings (SSSR count). The van der Waals surface area contributed by atoms with E-state index in [9.17, 15) is 33.6 Å². The predicted octanol–water partition coefficient (Wildman–Crippen LogP) is 4.27. The fourth-order valence-corrected chi connectivity index (χ4v) is 7.91. The standard InChI is InChI=1S/C43H49N9O8/c1-50(2)40(57)31-24-51(28-11-6-7-12-28)37-30(31)23-46-43(49-37)47-27-17-15-26(16-18-27)38(55)45-22-9-5-3-4-8-21-44-35(54)25-60-33-14-10-13-29-36(33)42(59)52(41(29)58)32-19-20-34(53)48-39(32)56/h10,13-18,23-24,28,32H,3-9,11-12,19-22,25H2,1-2H3,(H,44,54)(H,45,55)(H,46,47,49)(H,48,53,56). The highest BCUT2D eigenvalue weighted by molar-refractivity contribution is 6.24. The Morgan fingerprint density at radius 3 is 2.32 bits per heavy atom. The molecule has 1 saturated carbocycles. The molecule has 314 valence electrons.